The molecule has 0 spiro atoms. The van der Waals surface area contributed by atoms with Crippen molar-refractivity contribution in [3.8, 4) is 27.9 Å². The number of fused-ring (bicyclic) bond motifs is 6. The Labute approximate surface area is 330 Å². The number of benzene rings is 9. The number of nitrogens with zero attached hydrogens (tertiary/aromatic N) is 3. The highest BCUT2D eigenvalue weighted by atomic mass is 15.2. The molecule has 0 amide bonds. The van der Waals surface area contributed by atoms with Crippen LogP contribution in [0.3, 0.4) is 0 Å². The molecule has 0 fully saturated rings. The number of aliphatic imine (C=N–C) groups is 2. The van der Waals surface area contributed by atoms with Crippen molar-refractivity contribution in [2.24, 2.45) is 9.98 Å². The molecule has 0 saturated heterocycles. The quantitative estimate of drug-likeness (QED) is 0.182. The van der Waals surface area contributed by atoms with E-state index in [0.29, 0.717) is 5.84 Å². The van der Waals surface area contributed by atoms with Gasteiger partial charge in [0, 0.05) is 33.0 Å². The summed E-state index contributed by atoms with van der Waals surface area (Å²) in [6, 6.07) is 73.5. The lowest BCUT2D eigenvalue weighted by molar-refractivity contribution is 0.674. The molecule has 4 nitrogen and oxygen atoms in total. The molecule has 1 N–H and O–H groups in total. The lowest BCUT2D eigenvalue weighted by Gasteiger charge is -2.25. The molecule has 0 saturated carbocycles. The average molecular weight is 729 g/mol. The Kier molecular flexibility index (Phi) is 7.85. The fourth-order valence-corrected chi connectivity index (χ4v) is 8.47. The van der Waals surface area contributed by atoms with Crippen molar-refractivity contribution in [3.63, 3.8) is 0 Å². The summed E-state index contributed by atoms with van der Waals surface area (Å²) in [5.41, 5.74) is 11.2. The second-order valence-corrected chi connectivity index (χ2v) is 14.6. The Morgan fingerprint density at radius 2 is 1.07 bits per heavy atom. The first-order valence-corrected chi connectivity index (χ1v) is 19.4. The summed E-state index contributed by atoms with van der Waals surface area (Å²) in [7, 11) is 0. The van der Waals surface area contributed by atoms with E-state index >= 15 is 0 Å². The summed E-state index contributed by atoms with van der Waals surface area (Å²) in [6.45, 7) is 0. The number of nitrogens with one attached hydrogen (secondary N) is 1. The van der Waals surface area contributed by atoms with Gasteiger partial charge in [0.15, 0.2) is 5.84 Å². The topological polar surface area (TPSA) is 41.7 Å². The van der Waals surface area contributed by atoms with Crippen LogP contribution in [0.5, 0.6) is 0 Å². The molecule has 1 aromatic heterocycles. The summed E-state index contributed by atoms with van der Waals surface area (Å²) >= 11 is 0. The van der Waals surface area contributed by atoms with Crippen LogP contribution in [-0.2, 0) is 0 Å². The molecule has 0 aliphatic carbocycles. The first kappa shape index (κ1) is 32.8. The Bertz CT molecular complexity index is 3210. The van der Waals surface area contributed by atoms with Gasteiger partial charge in [0.2, 0.25) is 0 Å². The first-order chi connectivity index (χ1) is 28.2. The minimum atomic E-state index is -0.310. The maximum Gasteiger partial charge on any atom is 0.159 e. The lowest BCUT2D eigenvalue weighted by atomic mass is 9.97. The van der Waals surface area contributed by atoms with Gasteiger partial charge in [-0.05, 0) is 74.3 Å². The molecule has 268 valence electrons. The second kappa shape index (κ2) is 13.6. The smallest absolute Gasteiger partial charge is 0.159 e. The molecule has 1 aliphatic heterocycles. The zero-order valence-corrected chi connectivity index (χ0v) is 31.0. The van der Waals surface area contributed by atoms with Crippen LogP contribution in [0.25, 0.3) is 71.3 Å². The predicted octanol–water partition coefficient (Wildman–Crippen LogP) is 12.9. The summed E-state index contributed by atoms with van der Waals surface area (Å²) in [4.78, 5) is 10.5. The van der Waals surface area contributed by atoms with Gasteiger partial charge in [0.1, 0.15) is 12.0 Å². The summed E-state index contributed by atoms with van der Waals surface area (Å²) in [5.74, 6) is 1.49. The van der Waals surface area contributed by atoms with Crippen LogP contribution in [0.1, 0.15) is 22.9 Å². The molecule has 1 unspecified atom stereocenters. The van der Waals surface area contributed by atoms with Crippen molar-refractivity contribution >= 4 is 55.0 Å². The molecular formula is C53H36N4. The molecular weight excluding hydrogens is 693 g/mol. The van der Waals surface area contributed by atoms with Gasteiger partial charge < -0.3 is 9.88 Å². The fraction of sp³-hybridized carbons (Fsp3) is 0.0189. The highest BCUT2D eigenvalue weighted by Gasteiger charge is 2.23. The van der Waals surface area contributed by atoms with Crippen LogP contribution in [0.4, 0.5) is 0 Å². The zero-order valence-electron chi connectivity index (χ0n) is 31.0. The van der Waals surface area contributed by atoms with E-state index < -0.39 is 0 Å². The Morgan fingerprint density at radius 1 is 0.421 bits per heavy atom. The van der Waals surface area contributed by atoms with E-state index in [1.807, 2.05) is 6.07 Å². The SMILES string of the molecule is c1ccc(-c2ccc3cc(C4=NC(c5ccccc5)NC(c5ccccc5-c5cccc(-n6c7ccccc7c7ccc8ccccc8c76)c5)=N4)ccc3c2)cc1. The first-order valence-electron chi connectivity index (χ1n) is 19.4. The zero-order chi connectivity index (χ0) is 37.7. The minimum Gasteiger partial charge on any atom is -0.344 e. The molecule has 11 rings (SSSR count). The predicted molar refractivity (Wildman–Crippen MR) is 238 cm³/mol. The van der Waals surface area contributed by atoms with E-state index in [2.05, 4.69) is 210 Å². The van der Waals surface area contributed by atoms with Crippen LogP contribution >= 0.6 is 0 Å². The molecule has 1 atom stereocenters. The van der Waals surface area contributed by atoms with Crippen molar-refractivity contribution in [1.82, 2.24) is 9.88 Å². The number of amidine groups is 2. The van der Waals surface area contributed by atoms with Crippen molar-refractivity contribution in [3.05, 3.63) is 223 Å². The molecule has 57 heavy (non-hydrogen) atoms. The standard InChI is InChI=1S/C53H36N4/c1-3-14-35(15-4-1)38-26-27-40-33-42(29-28-39(40)32-38)52-54-51(37-17-5-2-6-18-37)55-53(56-52)48-24-10-9-21-44(48)41-19-13-20-43(34-41)57-49-25-12-11-23-46(49)47-31-30-36-16-7-8-22-45(36)50(47)57/h1-34,51H,(H,54,55,56). The van der Waals surface area contributed by atoms with Crippen LogP contribution in [0, 0.1) is 0 Å². The largest absolute Gasteiger partial charge is 0.344 e. The Balaban J connectivity index is 1.03. The maximum absolute atomic E-state index is 5.29. The summed E-state index contributed by atoms with van der Waals surface area (Å²) < 4.78 is 2.42. The molecule has 9 aromatic carbocycles. The van der Waals surface area contributed by atoms with E-state index in [4.69, 9.17) is 9.98 Å². The Hall–Kier alpha value is -7.56. The van der Waals surface area contributed by atoms with Crippen molar-refractivity contribution in [2.45, 2.75) is 6.17 Å². The minimum absolute atomic E-state index is 0.310. The normalized spacial score (nSPS) is 14.1. The highest BCUT2D eigenvalue weighted by Crippen LogP contribution is 2.38. The van der Waals surface area contributed by atoms with E-state index in [1.54, 1.807) is 0 Å². The number of hydrogen-bond acceptors (Lipinski definition) is 3. The fourth-order valence-electron chi connectivity index (χ4n) is 8.47. The monoisotopic (exact) mass is 728 g/mol. The van der Waals surface area contributed by atoms with E-state index in [-0.39, 0.29) is 6.17 Å². The molecule has 10 aromatic rings. The van der Waals surface area contributed by atoms with Gasteiger partial charge in [0.05, 0.1) is 11.0 Å². The molecule has 1 aliphatic rings. The Morgan fingerprint density at radius 3 is 1.91 bits per heavy atom. The van der Waals surface area contributed by atoms with E-state index in [9.17, 15) is 0 Å². The van der Waals surface area contributed by atoms with Gasteiger partial charge >= 0.3 is 0 Å². The van der Waals surface area contributed by atoms with Crippen molar-refractivity contribution in [1.29, 1.82) is 0 Å². The third kappa shape index (κ3) is 5.78. The van der Waals surface area contributed by atoms with Crippen LogP contribution in [-0.4, -0.2) is 16.2 Å². The average Bonchev–Trinajstić information content (AvgIpc) is 3.64. The van der Waals surface area contributed by atoms with Gasteiger partial charge in [-0.1, -0.05) is 176 Å². The van der Waals surface area contributed by atoms with E-state index in [1.165, 1.54) is 49.1 Å². The number of para-hydroxylation sites is 1. The lowest BCUT2D eigenvalue weighted by Crippen LogP contribution is -2.33. The summed E-state index contributed by atoms with van der Waals surface area (Å²) in [5, 5.41) is 11.0. The van der Waals surface area contributed by atoms with Gasteiger partial charge in [-0.3, -0.25) is 0 Å². The van der Waals surface area contributed by atoms with Gasteiger partial charge in [0.25, 0.3) is 0 Å². The van der Waals surface area contributed by atoms with E-state index in [0.717, 1.165) is 44.7 Å². The molecule has 0 radical (unpaired) electrons. The number of aromatic nitrogens is 1. The third-order valence-corrected chi connectivity index (χ3v) is 11.2. The van der Waals surface area contributed by atoms with Gasteiger partial charge in [-0.15, -0.1) is 0 Å². The van der Waals surface area contributed by atoms with Gasteiger partial charge in [-0.2, -0.15) is 0 Å². The van der Waals surface area contributed by atoms with Crippen molar-refractivity contribution < 1.29 is 0 Å². The molecule has 2 heterocycles. The van der Waals surface area contributed by atoms with Crippen LogP contribution in [0.15, 0.2) is 216 Å². The van der Waals surface area contributed by atoms with Crippen LogP contribution < -0.4 is 5.32 Å². The number of hydrogen-bond donors (Lipinski definition) is 1. The molecule has 0 bridgehead atoms. The highest BCUT2D eigenvalue weighted by molar-refractivity contribution is 6.19. The second-order valence-electron chi connectivity index (χ2n) is 14.6. The van der Waals surface area contributed by atoms with Gasteiger partial charge in [-0.25, -0.2) is 9.98 Å². The third-order valence-electron chi connectivity index (χ3n) is 11.2. The maximum atomic E-state index is 5.29. The van der Waals surface area contributed by atoms with Crippen molar-refractivity contribution in [2.75, 3.05) is 0 Å². The molecule has 4 heteroatoms. The van der Waals surface area contributed by atoms with Crippen LogP contribution in [0.2, 0.25) is 0 Å². The number of rotatable bonds is 6. The summed E-state index contributed by atoms with van der Waals surface area (Å²) in [6.07, 6.45) is -0.310.